The number of benzene rings is 4. The Morgan fingerprint density at radius 2 is 1.63 bits per heavy atom. The number of methoxy groups -OCH3 is 1. The van der Waals surface area contributed by atoms with Crippen LogP contribution in [0.2, 0.25) is 0 Å². The lowest BCUT2D eigenvalue weighted by Crippen LogP contribution is -2.40. The third kappa shape index (κ3) is 5.12. The molecule has 4 aromatic carbocycles. The van der Waals surface area contributed by atoms with Gasteiger partial charge in [-0.25, -0.2) is 10.5 Å². The van der Waals surface area contributed by atoms with Crippen molar-refractivity contribution in [3.63, 3.8) is 0 Å². The van der Waals surface area contributed by atoms with Gasteiger partial charge in [-0.2, -0.15) is 10.2 Å². The van der Waals surface area contributed by atoms with E-state index in [0.717, 1.165) is 22.1 Å². The smallest absolute Gasteiger partial charge is 0.272 e. The molecule has 1 unspecified atom stereocenters. The van der Waals surface area contributed by atoms with Crippen LogP contribution in [0.1, 0.15) is 27.7 Å². The summed E-state index contributed by atoms with van der Waals surface area (Å²) in [6.07, 6.45) is 1.51. The Labute approximate surface area is 217 Å². The predicted molar refractivity (Wildman–Crippen MR) is 145 cm³/mol. The molecule has 188 valence electrons. The number of hydrazone groups is 1. The second-order valence-electron chi connectivity index (χ2n) is 8.46. The Morgan fingerprint density at radius 3 is 2.42 bits per heavy atom. The zero-order valence-electron chi connectivity index (χ0n) is 20.3. The SMILES string of the molecule is COc1ccc2cc(C=NNC(=O)C(NC(=O)c3ccccc3)c3n[nH]c(=O)c4ccccc34)ccc2c1. The molecule has 5 rings (SSSR count). The quantitative estimate of drug-likeness (QED) is 0.230. The number of nitrogens with zero attached hydrogens (tertiary/aromatic N) is 2. The normalized spacial score (nSPS) is 11.9. The number of rotatable bonds is 7. The number of hydrogen-bond acceptors (Lipinski definition) is 6. The van der Waals surface area contributed by atoms with Gasteiger partial charge in [0.25, 0.3) is 17.4 Å². The Bertz CT molecular complexity index is 1730. The van der Waals surface area contributed by atoms with Gasteiger partial charge < -0.3 is 10.1 Å². The van der Waals surface area contributed by atoms with Crippen LogP contribution in [0.5, 0.6) is 5.75 Å². The number of H-pyrrole nitrogens is 1. The van der Waals surface area contributed by atoms with Crippen molar-refractivity contribution < 1.29 is 14.3 Å². The fourth-order valence-corrected chi connectivity index (χ4v) is 4.10. The molecule has 9 nitrogen and oxygen atoms in total. The highest BCUT2D eigenvalue weighted by Crippen LogP contribution is 2.22. The second kappa shape index (κ2) is 10.8. The minimum atomic E-state index is -1.23. The number of aromatic nitrogens is 2. The van der Waals surface area contributed by atoms with Gasteiger partial charge in [0.2, 0.25) is 0 Å². The fourth-order valence-electron chi connectivity index (χ4n) is 4.10. The van der Waals surface area contributed by atoms with Crippen molar-refractivity contribution in [3.8, 4) is 5.75 Å². The molecule has 0 aliphatic heterocycles. The van der Waals surface area contributed by atoms with Crippen LogP contribution in [-0.2, 0) is 4.79 Å². The molecule has 0 aliphatic rings. The molecule has 0 radical (unpaired) electrons. The van der Waals surface area contributed by atoms with E-state index in [9.17, 15) is 14.4 Å². The van der Waals surface area contributed by atoms with Crippen LogP contribution in [0.15, 0.2) is 101 Å². The molecule has 9 heteroatoms. The first-order valence-electron chi connectivity index (χ1n) is 11.8. The first kappa shape index (κ1) is 24.4. The Balaban J connectivity index is 1.43. The van der Waals surface area contributed by atoms with Crippen molar-refractivity contribution in [2.45, 2.75) is 6.04 Å². The maximum atomic E-state index is 13.3. The zero-order chi connectivity index (χ0) is 26.5. The van der Waals surface area contributed by atoms with Crippen LogP contribution < -0.4 is 21.0 Å². The van der Waals surface area contributed by atoms with Gasteiger partial charge in [0, 0.05) is 10.9 Å². The molecule has 38 heavy (non-hydrogen) atoms. The first-order chi connectivity index (χ1) is 18.5. The molecule has 0 spiro atoms. The zero-order valence-corrected chi connectivity index (χ0v) is 20.3. The van der Waals surface area contributed by atoms with E-state index in [4.69, 9.17) is 4.74 Å². The lowest BCUT2D eigenvalue weighted by Gasteiger charge is -2.18. The van der Waals surface area contributed by atoms with E-state index in [1.807, 2.05) is 36.4 Å². The second-order valence-corrected chi connectivity index (χ2v) is 8.46. The van der Waals surface area contributed by atoms with Gasteiger partial charge in [-0.05, 0) is 52.7 Å². The molecule has 0 saturated carbocycles. The van der Waals surface area contributed by atoms with Crippen molar-refractivity contribution in [1.82, 2.24) is 20.9 Å². The fraction of sp³-hybridized carbons (Fsp3) is 0.0690. The Kier molecular flexibility index (Phi) is 6.90. The summed E-state index contributed by atoms with van der Waals surface area (Å²) in [6, 6.07) is 25.5. The summed E-state index contributed by atoms with van der Waals surface area (Å²) in [6.45, 7) is 0. The average molecular weight is 506 g/mol. The van der Waals surface area contributed by atoms with Crippen LogP contribution in [0.25, 0.3) is 21.5 Å². The van der Waals surface area contributed by atoms with Gasteiger partial charge in [0.05, 0.1) is 18.7 Å². The molecule has 1 aromatic heterocycles. The summed E-state index contributed by atoms with van der Waals surface area (Å²) in [7, 11) is 1.62. The van der Waals surface area contributed by atoms with Crippen LogP contribution >= 0.6 is 0 Å². The third-order valence-corrected chi connectivity index (χ3v) is 6.03. The van der Waals surface area contributed by atoms with Crippen LogP contribution in [0.3, 0.4) is 0 Å². The van der Waals surface area contributed by atoms with E-state index in [1.54, 1.807) is 61.7 Å². The highest BCUT2D eigenvalue weighted by atomic mass is 16.5. The number of aromatic amines is 1. The van der Waals surface area contributed by atoms with Gasteiger partial charge in [-0.1, -0.05) is 54.6 Å². The topological polar surface area (TPSA) is 126 Å². The maximum Gasteiger partial charge on any atom is 0.272 e. The number of carbonyl (C=O) groups is 2. The molecule has 1 atom stereocenters. The molecule has 2 amide bonds. The van der Waals surface area contributed by atoms with E-state index in [1.165, 1.54) is 6.21 Å². The summed E-state index contributed by atoms with van der Waals surface area (Å²) < 4.78 is 5.26. The maximum absolute atomic E-state index is 13.3. The average Bonchev–Trinajstić information content (AvgIpc) is 2.96. The number of fused-ring (bicyclic) bond motifs is 2. The third-order valence-electron chi connectivity index (χ3n) is 6.03. The lowest BCUT2D eigenvalue weighted by atomic mass is 10.0. The minimum Gasteiger partial charge on any atom is -0.497 e. The summed E-state index contributed by atoms with van der Waals surface area (Å²) in [5.74, 6) is -0.337. The summed E-state index contributed by atoms with van der Waals surface area (Å²) in [5.41, 5.74) is 3.42. The lowest BCUT2D eigenvalue weighted by molar-refractivity contribution is -0.123. The molecule has 0 aliphatic carbocycles. The van der Waals surface area contributed by atoms with Gasteiger partial charge >= 0.3 is 0 Å². The minimum absolute atomic E-state index is 0.192. The summed E-state index contributed by atoms with van der Waals surface area (Å²) in [4.78, 5) is 38.6. The van der Waals surface area contributed by atoms with E-state index >= 15 is 0 Å². The molecule has 1 heterocycles. The van der Waals surface area contributed by atoms with E-state index < -0.39 is 23.4 Å². The van der Waals surface area contributed by atoms with Gasteiger partial charge in [0.1, 0.15) is 11.4 Å². The van der Waals surface area contributed by atoms with Crippen molar-refractivity contribution in [2.75, 3.05) is 7.11 Å². The number of nitrogens with one attached hydrogen (secondary N) is 3. The Hall–Kier alpha value is -5.31. The van der Waals surface area contributed by atoms with Crippen molar-refractivity contribution in [1.29, 1.82) is 0 Å². The number of hydrogen-bond donors (Lipinski definition) is 3. The molecule has 3 N–H and O–H groups in total. The molecule has 0 bridgehead atoms. The van der Waals surface area contributed by atoms with E-state index in [2.05, 4.69) is 26.0 Å². The van der Waals surface area contributed by atoms with Crippen molar-refractivity contribution in [2.24, 2.45) is 5.10 Å². The molecular weight excluding hydrogens is 482 g/mol. The largest absolute Gasteiger partial charge is 0.497 e. The van der Waals surface area contributed by atoms with Crippen molar-refractivity contribution in [3.05, 3.63) is 118 Å². The molecular formula is C29H23N5O4. The molecule has 0 saturated heterocycles. The summed E-state index contributed by atoms with van der Waals surface area (Å²) in [5, 5.41) is 16.1. The van der Waals surface area contributed by atoms with Crippen LogP contribution in [0.4, 0.5) is 0 Å². The van der Waals surface area contributed by atoms with Gasteiger partial charge in [0.15, 0.2) is 6.04 Å². The summed E-state index contributed by atoms with van der Waals surface area (Å²) >= 11 is 0. The Morgan fingerprint density at radius 1 is 0.921 bits per heavy atom. The van der Waals surface area contributed by atoms with Crippen LogP contribution in [0, 0.1) is 0 Å². The number of carbonyl (C=O) groups excluding carboxylic acids is 2. The number of ether oxygens (including phenoxy) is 1. The highest BCUT2D eigenvalue weighted by Gasteiger charge is 2.27. The predicted octanol–water partition coefficient (Wildman–Crippen LogP) is 3.71. The van der Waals surface area contributed by atoms with E-state index in [-0.39, 0.29) is 5.69 Å². The first-order valence-corrected chi connectivity index (χ1v) is 11.8. The molecule has 0 fully saturated rings. The van der Waals surface area contributed by atoms with Gasteiger partial charge in [-0.15, -0.1) is 0 Å². The van der Waals surface area contributed by atoms with Gasteiger partial charge in [-0.3, -0.25) is 14.4 Å². The highest BCUT2D eigenvalue weighted by molar-refractivity contribution is 5.99. The van der Waals surface area contributed by atoms with Crippen molar-refractivity contribution >= 4 is 39.6 Å². The molecule has 5 aromatic rings. The standard InChI is InChI=1S/C29H23N5O4/c1-38-22-14-13-20-15-18(11-12-21(20)16-22)17-30-33-29(37)26(31-27(35)19-7-3-2-4-8-19)25-23-9-5-6-10-24(23)28(36)34-32-25/h2-17,26H,1H3,(H,31,35)(H,33,37)(H,34,36). The van der Waals surface area contributed by atoms with E-state index in [0.29, 0.717) is 16.3 Å². The van der Waals surface area contributed by atoms with Crippen LogP contribution in [-0.4, -0.2) is 35.3 Å². The monoisotopic (exact) mass is 505 g/mol. The number of amides is 2.